The molecule has 2 rings (SSSR count). The van der Waals surface area contributed by atoms with Gasteiger partial charge in [0.05, 0.1) is 6.21 Å². The molecule has 0 fully saturated rings. The summed E-state index contributed by atoms with van der Waals surface area (Å²) in [5.74, 6) is 0.962. The highest BCUT2D eigenvalue weighted by molar-refractivity contribution is 5.80. The number of nitrogen functional groups attached to an aromatic ring is 2. The van der Waals surface area contributed by atoms with Crippen molar-refractivity contribution < 1.29 is 5.11 Å². The number of phenolic OH excluding ortho intramolecular Hbond substituents is 1. The van der Waals surface area contributed by atoms with Crippen molar-refractivity contribution in [1.82, 2.24) is 9.97 Å². The molecule has 0 aliphatic rings. The van der Waals surface area contributed by atoms with Crippen molar-refractivity contribution in [1.29, 1.82) is 0 Å². The van der Waals surface area contributed by atoms with Gasteiger partial charge >= 0.3 is 0 Å². The van der Waals surface area contributed by atoms with Crippen LogP contribution in [0.3, 0.4) is 0 Å². The molecule has 0 bridgehead atoms. The van der Waals surface area contributed by atoms with E-state index >= 15 is 0 Å². The van der Waals surface area contributed by atoms with E-state index in [-0.39, 0.29) is 23.3 Å². The molecule has 1 aromatic heterocycles. The van der Waals surface area contributed by atoms with Crippen LogP contribution in [0.25, 0.3) is 0 Å². The minimum absolute atomic E-state index is 0.201. The largest absolute Gasteiger partial charge is 0.508 e. The van der Waals surface area contributed by atoms with Crippen LogP contribution in [-0.2, 0) is 0 Å². The van der Waals surface area contributed by atoms with Gasteiger partial charge in [0, 0.05) is 6.07 Å². The lowest BCUT2D eigenvalue weighted by atomic mass is 10.2. The van der Waals surface area contributed by atoms with Crippen molar-refractivity contribution in [3.05, 3.63) is 35.9 Å². The van der Waals surface area contributed by atoms with Crippen LogP contribution in [0.4, 0.5) is 17.6 Å². The number of anilines is 3. The second-order valence-electron chi connectivity index (χ2n) is 3.50. The monoisotopic (exact) mass is 244 g/mol. The summed E-state index contributed by atoms with van der Waals surface area (Å²) in [5, 5.41) is 13.0. The molecule has 0 saturated carbocycles. The van der Waals surface area contributed by atoms with Gasteiger partial charge in [-0.2, -0.15) is 15.1 Å². The molecule has 0 atom stereocenters. The fourth-order valence-electron chi connectivity index (χ4n) is 1.26. The number of aromatic nitrogens is 2. The van der Waals surface area contributed by atoms with Crippen molar-refractivity contribution >= 4 is 23.8 Å². The van der Waals surface area contributed by atoms with E-state index in [0.717, 1.165) is 5.56 Å². The summed E-state index contributed by atoms with van der Waals surface area (Å²) in [4.78, 5) is 7.80. The Balaban J connectivity index is 2.04. The van der Waals surface area contributed by atoms with Gasteiger partial charge in [-0.3, -0.25) is 0 Å². The molecule has 0 spiro atoms. The first kappa shape index (κ1) is 11.6. The van der Waals surface area contributed by atoms with Crippen LogP contribution < -0.4 is 16.9 Å². The van der Waals surface area contributed by atoms with E-state index in [1.54, 1.807) is 30.5 Å². The van der Waals surface area contributed by atoms with Crippen LogP contribution in [0.5, 0.6) is 5.75 Å². The molecule has 7 heteroatoms. The van der Waals surface area contributed by atoms with Crippen molar-refractivity contribution in [3.63, 3.8) is 0 Å². The number of hydrogen-bond acceptors (Lipinski definition) is 7. The Morgan fingerprint density at radius 3 is 2.33 bits per heavy atom. The molecule has 2 aromatic rings. The van der Waals surface area contributed by atoms with E-state index in [1.807, 2.05) is 0 Å². The van der Waals surface area contributed by atoms with Gasteiger partial charge in [0.2, 0.25) is 5.95 Å². The van der Waals surface area contributed by atoms with Gasteiger partial charge in [-0.05, 0) is 29.8 Å². The topological polar surface area (TPSA) is 122 Å². The van der Waals surface area contributed by atoms with Gasteiger partial charge in [0.25, 0.3) is 0 Å². The number of rotatable bonds is 3. The van der Waals surface area contributed by atoms with Crippen molar-refractivity contribution in [2.24, 2.45) is 5.10 Å². The van der Waals surface area contributed by atoms with E-state index in [9.17, 15) is 0 Å². The van der Waals surface area contributed by atoms with Crippen molar-refractivity contribution in [2.45, 2.75) is 0 Å². The average molecular weight is 244 g/mol. The normalized spacial score (nSPS) is 10.7. The third kappa shape index (κ3) is 3.08. The smallest absolute Gasteiger partial charge is 0.247 e. The highest BCUT2D eigenvalue weighted by atomic mass is 16.3. The lowest BCUT2D eigenvalue weighted by Gasteiger charge is -2.01. The molecule has 1 aromatic carbocycles. The number of hydrazone groups is 1. The molecule has 18 heavy (non-hydrogen) atoms. The van der Waals surface area contributed by atoms with Crippen LogP contribution >= 0.6 is 0 Å². The Kier molecular flexibility index (Phi) is 3.24. The maximum atomic E-state index is 9.11. The number of hydrogen-bond donors (Lipinski definition) is 4. The van der Waals surface area contributed by atoms with Crippen LogP contribution in [0, 0.1) is 0 Å². The minimum Gasteiger partial charge on any atom is -0.508 e. The summed E-state index contributed by atoms with van der Waals surface area (Å²) in [6.45, 7) is 0. The Morgan fingerprint density at radius 1 is 1.11 bits per heavy atom. The number of benzene rings is 1. The number of nitrogens with zero attached hydrogens (tertiary/aromatic N) is 3. The molecular weight excluding hydrogens is 232 g/mol. The van der Waals surface area contributed by atoms with E-state index in [0.29, 0.717) is 0 Å². The van der Waals surface area contributed by atoms with Crippen molar-refractivity contribution in [3.8, 4) is 5.75 Å². The maximum absolute atomic E-state index is 9.11. The zero-order valence-electron chi connectivity index (χ0n) is 9.41. The molecular formula is C11H12N6O. The summed E-state index contributed by atoms with van der Waals surface area (Å²) in [6.07, 6.45) is 1.56. The molecule has 1 heterocycles. The maximum Gasteiger partial charge on any atom is 0.247 e. The summed E-state index contributed by atoms with van der Waals surface area (Å²) < 4.78 is 0. The van der Waals surface area contributed by atoms with Gasteiger partial charge in [-0.15, -0.1) is 0 Å². The first-order valence-electron chi connectivity index (χ1n) is 5.11. The predicted octanol–water partition coefficient (Wildman–Crippen LogP) is 0.793. The number of phenols is 1. The lowest BCUT2D eigenvalue weighted by Crippen LogP contribution is -2.03. The standard InChI is InChI=1S/C11H12N6O/c12-9-5-10(13)16-11(15-9)17-14-6-7-1-3-8(18)4-2-7/h1-6,18H,(H5,12,13,15,16,17)/b14-6+. The number of nitrogens with one attached hydrogen (secondary N) is 1. The number of nitrogens with two attached hydrogens (primary N) is 2. The van der Waals surface area contributed by atoms with Crippen LogP contribution in [0.15, 0.2) is 35.4 Å². The first-order valence-corrected chi connectivity index (χ1v) is 5.11. The summed E-state index contributed by atoms with van der Waals surface area (Å²) in [5.41, 5.74) is 14.4. The zero-order chi connectivity index (χ0) is 13.0. The summed E-state index contributed by atoms with van der Waals surface area (Å²) >= 11 is 0. The molecule has 0 saturated heterocycles. The highest BCUT2D eigenvalue weighted by Gasteiger charge is 1.97. The number of aromatic hydroxyl groups is 1. The first-order chi connectivity index (χ1) is 8.63. The third-order valence-electron chi connectivity index (χ3n) is 2.04. The molecule has 0 radical (unpaired) electrons. The van der Waals surface area contributed by atoms with E-state index < -0.39 is 0 Å². The van der Waals surface area contributed by atoms with Crippen LogP contribution in [0.1, 0.15) is 5.56 Å². The van der Waals surface area contributed by atoms with Gasteiger partial charge in [0.15, 0.2) is 0 Å². The molecule has 0 aliphatic heterocycles. The Morgan fingerprint density at radius 2 is 1.72 bits per heavy atom. The highest BCUT2D eigenvalue weighted by Crippen LogP contribution is 2.09. The summed E-state index contributed by atoms with van der Waals surface area (Å²) in [7, 11) is 0. The third-order valence-corrected chi connectivity index (χ3v) is 2.04. The Labute approximate surface area is 103 Å². The van der Waals surface area contributed by atoms with Crippen LogP contribution in [0.2, 0.25) is 0 Å². The minimum atomic E-state index is 0.201. The quantitative estimate of drug-likeness (QED) is 0.467. The molecule has 7 nitrogen and oxygen atoms in total. The fraction of sp³-hybridized carbons (Fsp3) is 0. The molecule has 92 valence electrons. The molecule has 6 N–H and O–H groups in total. The van der Waals surface area contributed by atoms with E-state index in [2.05, 4.69) is 20.5 Å². The average Bonchev–Trinajstić information content (AvgIpc) is 2.30. The molecule has 0 aliphatic carbocycles. The predicted molar refractivity (Wildman–Crippen MR) is 70.2 cm³/mol. The molecule has 0 unspecified atom stereocenters. The Hall–Kier alpha value is -2.83. The van der Waals surface area contributed by atoms with Crippen LogP contribution in [-0.4, -0.2) is 21.3 Å². The second-order valence-corrected chi connectivity index (χ2v) is 3.50. The molecule has 0 amide bonds. The van der Waals surface area contributed by atoms with Gasteiger partial charge in [-0.1, -0.05) is 0 Å². The lowest BCUT2D eigenvalue weighted by molar-refractivity contribution is 0.475. The second kappa shape index (κ2) is 5.00. The summed E-state index contributed by atoms with van der Waals surface area (Å²) in [6, 6.07) is 8.02. The van der Waals surface area contributed by atoms with E-state index in [4.69, 9.17) is 16.6 Å². The fourth-order valence-corrected chi connectivity index (χ4v) is 1.26. The van der Waals surface area contributed by atoms with Gasteiger partial charge in [-0.25, -0.2) is 5.43 Å². The zero-order valence-corrected chi connectivity index (χ0v) is 9.41. The van der Waals surface area contributed by atoms with Crippen molar-refractivity contribution in [2.75, 3.05) is 16.9 Å². The van der Waals surface area contributed by atoms with Gasteiger partial charge in [0.1, 0.15) is 17.4 Å². The Bertz CT molecular complexity index is 546. The van der Waals surface area contributed by atoms with Gasteiger partial charge < -0.3 is 16.6 Å². The van der Waals surface area contributed by atoms with E-state index in [1.165, 1.54) is 6.07 Å². The SMILES string of the molecule is Nc1cc(N)nc(N/N=C/c2ccc(O)cc2)n1.